The van der Waals surface area contributed by atoms with E-state index in [0.717, 1.165) is 19.0 Å². The largest absolute Gasteiger partial charge is 0.396 e. The Morgan fingerprint density at radius 3 is 2.88 bits per heavy atom. The smallest absolute Gasteiger partial charge is 0.0441 e. The maximum atomic E-state index is 8.94. The Kier molecular flexibility index (Phi) is 4.89. The van der Waals surface area contributed by atoms with Crippen molar-refractivity contribution in [3.63, 3.8) is 0 Å². The number of hydrogen-bond donors (Lipinski definition) is 2. The summed E-state index contributed by atoms with van der Waals surface area (Å²) in [6.45, 7) is 3.42. The first-order valence-corrected chi connectivity index (χ1v) is 7.26. The summed E-state index contributed by atoms with van der Waals surface area (Å²) in [5.74, 6) is 0. The average molecular weight is 251 g/mol. The van der Waals surface area contributed by atoms with Gasteiger partial charge in [-0.1, -0.05) is 25.1 Å². The lowest BCUT2D eigenvalue weighted by atomic mass is 10.2. The molecule has 0 spiro atoms. The van der Waals surface area contributed by atoms with Crippen LogP contribution in [-0.4, -0.2) is 23.0 Å². The second-order valence-electron chi connectivity index (χ2n) is 4.70. The minimum Gasteiger partial charge on any atom is -0.396 e. The fourth-order valence-electron chi connectivity index (χ4n) is 1.76. The van der Waals surface area contributed by atoms with E-state index < -0.39 is 0 Å². The van der Waals surface area contributed by atoms with Gasteiger partial charge >= 0.3 is 0 Å². The number of benzene rings is 1. The number of thioether (sulfide) groups is 1. The molecule has 1 fully saturated rings. The predicted molar refractivity (Wildman–Crippen MR) is 73.3 cm³/mol. The fourth-order valence-corrected chi connectivity index (χ4v) is 2.87. The van der Waals surface area contributed by atoms with E-state index in [1.54, 1.807) is 0 Å². The number of hydrogen-bond acceptors (Lipinski definition) is 3. The van der Waals surface area contributed by atoms with Crippen LogP contribution in [0.25, 0.3) is 0 Å². The van der Waals surface area contributed by atoms with Gasteiger partial charge in [-0.2, -0.15) is 0 Å². The van der Waals surface area contributed by atoms with Gasteiger partial charge in [-0.15, -0.1) is 11.8 Å². The molecular weight excluding hydrogens is 230 g/mol. The molecule has 3 heteroatoms. The molecule has 2 N–H and O–H groups in total. The molecule has 0 radical (unpaired) electrons. The van der Waals surface area contributed by atoms with Crippen LogP contribution in [0.1, 0.15) is 31.7 Å². The highest BCUT2D eigenvalue weighted by atomic mass is 32.2. The van der Waals surface area contributed by atoms with Crippen LogP contribution >= 0.6 is 11.8 Å². The van der Waals surface area contributed by atoms with Crippen molar-refractivity contribution in [1.29, 1.82) is 0 Å². The third-order valence-electron chi connectivity index (χ3n) is 2.99. The van der Waals surface area contributed by atoms with Crippen LogP contribution in [0.4, 0.5) is 0 Å². The van der Waals surface area contributed by atoms with Gasteiger partial charge in [-0.05, 0) is 30.9 Å². The van der Waals surface area contributed by atoms with Crippen LogP contribution in [0.15, 0.2) is 29.2 Å². The Morgan fingerprint density at radius 1 is 1.41 bits per heavy atom. The first kappa shape index (κ1) is 12.9. The molecule has 17 heavy (non-hydrogen) atoms. The van der Waals surface area contributed by atoms with E-state index in [-0.39, 0.29) is 6.61 Å². The molecule has 0 aromatic heterocycles. The van der Waals surface area contributed by atoms with Crippen molar-refractivity contribution in [3.8, 4) is 0 Å². The Labute approximate surface area is 108 Å². The van der Waals surface area contributed by atoms with Crippen LogP contribution in [0, 0.1) is 0 Å². The Hall–Kier alpha value is -0.510. The van der Waals surface area contributed by atoms with E-state index in [1.165, 1.54) is 23.3 Å². The van der Waals surface area contributed by atoms with Crippen molar-refractivity contribution in [2.75, 3.05) is 6.61 Å². The van der Waals surface area contributed by atoms with Gasteiger partial charge in [0.15, 0.2) is 0 Å². The van der Waals surface area contributed by atoms with Crippen molar-refractivity contribution in [3.05, 3.63) is 29.8 Å². The van der Waals surface area contributed by atoms with Gasteiger partial charge in [0, 0.05) is 29.3 Å². The van der Waals surface area contributed by atoms with Crippen LogP contribution in [-0.2, 0) is 6.54 Å². The molecule has 2 rings (SSSR count). The molecule has 1 aliphatic carbocycles. The summed E-state index contributed by atoms with van der Waals surface area (Å²) in [5.41, 5.74) is 1.38. The van der Waals surface area contributed by atoms with Crippen LogP contribution in [0.3, 0.4) is 0 Å². The molecular formula is C14H21NOS. The summed E-state index contributed by atoms with van der Waals surface area (Å²) in [5, 5.41) is 13.0. The average Bonchev–Trinajstić information content (AvgIpc) is 3.12. The van der Waals surface area contributed by atoms with Gasteiger partial charge in [-0.25, -0.2) is 0 Å². The van der Waals surface area contributed by atoms with E-state index in [4.69, 9.17) is 5.11 Å². The maximum Gasteiger partial charge on any atom is 0.0441 e. The fraction of sp³-hybridized carbons (Fsp3) is 0.571. The van der Waals surface area contributed by atoms with E-state index in [2.05, 4.69) is 36.5 Å². The number of nitrogens with one attached hydrogen (secondary N) is 1. The summed E-state index contributed by atoms with van der Waals surface area (Å²) in [6, 6.07) is 9.33. The molecule has 1 saturated carbocycles. The van der Waals surface area contributed by atoms with E-state index in [9.17, 15) is 0 Å². The summed E-state index contributed by atoms with van der Waals surface area (Å²) < 4.78 is 0. The summed E-state index contributed by atoms with van der Waals surface area (Å²) in [6.07, 6.45) is 3.52. The molecule has 0 amide bonds. The third-order valence-corrected chi connectivity index (χ3v) is 4.29. The van der Waals surface area contributed by atoms with Gasteiger partial charge in [0.1, 0.15) is 0 Å². The lowest BCUT2D eigenvalue weighted by molar-refractivity contribution is 0.289. The van der Waals surface area contributed by atoms with Crippen LogP contribution in [0.5, 0.6) is 0 Å². The van der Waals surface area contributed by atoms with E-state index >= 15 is 0 Å². The molecule has 1 atom stereocenters. The Bertz CT molecular complexity index is 352. The van der Waals surface area contributed by atoms with Gasteiger partial charge < -0.3 is 10.4 Å². The third kappa shape index (κ3) is 4.34. The monoisotopic (exact) mass is 251 g/mol. The van der Waals surface area contributed by atoms with Crippen LogP contribution in [0.2, 0.25) is 0 Å². The highest BCUT2D eigenvalue weighted by molar-refractivity contribution is 8.00. The summed E-state index contributed by atoms with van der Waals surface area (Å²) in [4.78, 5) is 1.35. The zero-order chi connectivity index (χ0) is 12.1. The quantitative estimate of drug-likeness (QED) is 0.731. The molecule has 1 aromatic carbocycles. The first-order valence-electron chi connectivity index (χ1n) is 6.38. The van der Waals surface area contributed by atoms with Crippen molar-refractivity contribution in [1.82, 2.24) is 5.32 Å². The Balaban J connectivity index is 1.93. The molecule has 2 nitrogen and oxygen atoms in total. The number of rotatable bonds is 7. The normalized spacial score (nSPS) is 17.1. The summed E-state index contributed by atoms with van der Waals surface area (Å²) in [7, 11) is 0. The van der Waals surface area contributed by atoms with Gasteiger partial charge in [-0.3, -0.25) is 0 Å². The second-order valence-corrected chi connectivity index (χ2v) is 6.18. The van der Waals surface area contributed by atoms with Crippen molar-refractivity contribution < 1.29 is 5.11 Å². The van der Waals surface area contributed by atoms with Gasteiger partial charge in [0.05, 0.1) is 0 Å². The zero-order valence-electron chi connectivity index (χ0n) is 10.4. The SMILES string of the molecule is CC(CCO)Sc1ccccc1CNC1CC1. The highest BCUT2D eigenvalue weighted by Gasteiger charge is 2.20. The Morgan fingerprint density at radius 2 is 2.18 bits per heavy atom. The minimum absolute atomic E-state index is 0.274. The maximum absolute atomic E-state index is 8.94. The van der Waals surface area contributed by atoms with Crippen molar-refractivity contribution >= 4 is 11.8 Å². The predicted octanol–water partition coefficient (Wildman–Crippen LogP) is 2.80. The first-order chi connectivity index (χ1) is 8.29. The molecule has 1 aromatic rings. The van der Waals surface area contributed by atoms with Crippen molar-refractivity contribution in [2.24, 2.45) is 0 Å². The molecule has 1 unspecified atom stereocenters. The molecule has 0 aliphatic heterocycles. The highest BCUT2D eigenvalue weighted by Crippen LogP contribution is 2.29. The summed E-state index contributed by atoms with van der Waals surface area (Å²) >= 11 is 1.87. The van der Waals surface area contributed by atoms with Gasteiger partial charge in [0.2, 0.25) is 0 Å². The standard InChI is InChI=1S/C14H21NOS/c1-11(8-9-16)17-14-5-3-2-4-12(14)10-15-13-6-7-13/h2-5,11,13,15-16H,6-10H2,1H3. The van der Waals surface area contributed by atoms with Crippen LogP contribution < -0.4 is 5.32 Å². The zero-order valence-corrected chi connectivity index (χ0v) is 11.2. The minimum atomic E-state index is 0.274. The molecule has 0 heterocycles. The van der Waals surface area contributed by atoms with Gasteiger partial charge in [0.25, 0.3) is 0 Å². The lowest BCUT2D eigenvalue weighted by Gasteiger charge is -2.13. The number of aliphatic hydroxyl groups is 1. The molecule has 1 aliphatic rings. The molecule has 0 saturated heterocycles. The topological polar surface area (TPSA) is 32.3 Å². The van der Waals surface area contributed by atoms with E-state index in [0.29, 0.717) is 5.25 Å². The number of aliphatic hydroxyl groups excluding tert-OH is 1. The second kappa shape index (κ2) is 6.43. The molecule has 0 bridgehead atoms. The lowest BCUT2D eigenvalue weighted by Crippen LogP contribution is -2.16. The van der Waals surface area contributed by atoms with Crippen molar-refractivity contribution in [2.45, 2.75) is 48.9 Å². The molecule has 94 valence electrons. The van der Waals surface area contributed by atoms with E-state index in [1.807, 2.05) is 11.8 Å².